The lowest BCUT2D eigenvalue weighted by Crippen LogP contribution is -2.04. The number of rotatable bonds is 3. The number of fused-ring (bicyclic) bond motifs is 1. The van der Waals surface area contributed by atoms with Crippen molar-refractivity contribution in [3.05, 3.63) is 54.0 Å². The molecule has 1 aliphatic carbocycles. The van der Waals surface area contributed by atoms with Gasteiger partial charge < -0.3 is 0 Å². The average molecular weight is 353 g/mol. The van der Waals surface area contributed by atoms with Crippen molar-refractivity contribution >= 4 is 5.65 Å². The molecule has 25 heavy (non-hydrogen) atoms. The van der Waals surface area contributed by atoms with Crippen LogP contribution in [0.2, 0.25) is 0 Å². The molecule has 1 aromatic carbocycles. The van der Waals surface area contributed by atoms with Crippen molar-refractivity contribution in [3.8, 4) is 11.1 Å². The summed E-state index contributed by atoms with van der Waals surface area (Å²) in [4.78, 5) is 0. The van der Waals surface area contributed by atoms with E-state index in [1.807, 2.05) is 0 Å². The molecule has 0 spiro atoms. The summed E-state index contributed by atoms with van der Waals surface area (Å²) < 4.78 is 66.2. The van der Waals surface area contributed by atoms with E-state index in [2.05, 4.69) is 10.2 Å². The Morgan fingerprint density at radius 2 is 1.80 bits per heavy atom. The molecule has 0 N–H and O–H groups in total. The van der Waals surface area contributed by atoms with Crippen molar-refractivity contribution in [3.63, 3.8) is 0 Å². The van der Waals surface area contributed by atoms with Crippen LogP contribution in [0.15, 0.2) is 42.6 Å². The largest absolute Gasteiger partial charge is 0.416 e. The lowest BCUT2D eigenvalue weighted by molar-refractivity contribution is -0.137. The Balaban J connectivity index is 1.66. The van der Waals surface area contributed by atoms with E-state index in [-0.39, 0.29) is 12.8 Å². The number of hydrogen-bond donors (Lipinski definition) is 0. The minimum atomic E-state index is -4.42. The van der Waals surface area contributed by atoms with E-state index in [9.17, 15) is 22.0 Å². The Hall–Kier alpha value is -2.51. The minimum absolute atomic E-state index is 0.122. The smallest absolute Gasteiger partial charge is 0.286 e. The van der Waals surface area contributed by atoms with Gasteiger partial charge in [0.05, 0.1) is 5.56 Å². The maximum Gasteiger partial charge on any atom is 0.416 e. The lowest BCUT2D eigenvalue weighted by Gasteiger charge is -2.09. The standard InChI is InChI=1S/C17H12F5N3/c18-16(19)9-13(16)8-15-24-23-14-7-11(4-5-25(14)15)10-2-1-3-12(6-10)17(20,21)22/h1-7,13H,8-9H2. The van der Waals surface area contributed by atoms with Crippen molar-refractivity contribution in [1.29, 1.82) is 0 Å². The third kappa shape index (κ3) is 2.96. The third-order valence-electron chi connectivity index (χ3n) is 4.39. The van der Waals surface area contributed by atoms with E-state index in [1.165, 1.54) is 6.07 Å². The molecule has 0 bridgehead atoms. The van der Waals surface area contributed by atoms with Crippen molar-refractivity contribution in [2.75, 3.05) is 0 Å². The molecular formula is C17H12F5N3. The fourth-order valence-electron chi connectivity index (χ4n) is 2.85. The second-order valence-electron chi connectivity index (χ2n) is 6.20. The van der Waals surface area contributed by atoms with E-state index >= 15 is 0 Å². The van der Waals surface area contributed by atoms with Crippen LogP contribution in [-0.2, 0) is 12.6 Å². The van der Waals surface area contributed by atoms with Crippen molar-refractivity contribution < 1.29 is 22.0 Å². The highest BCUT2D eigenvalue weighted by Crippen LogP contribution is 2.50. The first-order chi connectivity index (χ1) is 11.7. The molecule has 1 unspecified atom stereocenters. The summed E-state index contributed by atoms with van der Waals surface area (Å²) in [6.45, 7) is 0. The second-order valence-corrected chi connectivity index (χ2v) is 6.20. The fourth-order valence-corrected chi connectivity index (χ4v) is 2.85. The van der Waals surface area contributed by atoms with E-state index in [0.29, 0.717) is 22.6 Å². The van der Waals surface area contributed by atoms with Gasteiger partial charge in [0, 0.05) is 25.0 Å². The molecule has 1 saturated carbocycles. The molecule has 2 heterocycles. The maximum absolute atomic E-state index is 13.1. The second kappa shape index (κ2) is 5.24. The molecule has 0 aliphatic heterocycles. The van der Waals surface area contributed by atoms with Crippen LogP contribution in [0.4, 0.5) is 22.0 Å². The molecule has 1 fully saturated rings. The van der Waals surface area contributed by atoms with Crippen molar-refractivity contribution in [2.45, 2.75) is 24.9 Å². The summed E-state index contributed by atoms with van der Waals surface area (Å²) in [6, 6.07) is 8.20. The normalized spacial score (nSPS) is 19.3. The summed E-state index contributed by atoms with van der Waals surface area (Å²) in [5.74, 6) is -2.93. The predicted octanol–water partition coefficient (Wildman–Crippen LogP) is 4.61. The first-order valence-electron chi connectivity index (χ1n) is 7.63. The van der Waals surface area contributed by atoms with Crippen LogP contribution in [0, 0.1) is 5.92 Å². The predicted molar refractivity (Wildman–Crippen MR) is 80.2 cm³/mol. The average Bonchev–Trinajstić information content (AvgIpc) is 2.98. The number of aromatic nitrogens is 3. The summed E-state index contributed by atoms with van der Waals surface area (Å²) >= 11 is 0. The minimum Gasteiger partial charge on any atom is -0.286 e. The van der Waals surface area contributed by atoms with Gasteiger partial charge in [-0.15, -0.1) is 10.2 Å². The Bertz CT molecular complexity index is 945. The van der Waals surface area contributed by atoms with Gasteiger partial charge in [-0.25, -0.2) is 8.78 Å². The van der Waals surface area contributed by atoms with Gasteiger partial charge in [-0.3, -0.25) is 4.40 Å². The van der Waals surface area contributed by atoms with Crippen molar-refractivity contribution in [1.82, 2.24) is 14.6 Å². The van der Waals surface area contributed by atoms with Gasteiger partial charge in [-0.05, 0) is 35.4 Å². The number of alkyl halides is 5. The van der Waals surface area contributed by atoms with Gasteiger partial charge in [-0.1, -0.05) is 12.1 Å². The molecule has 3 nitrogen and oxygen atoms in total. The number of nitrogens with zero attached hydrogens (tertiary/aromatic N) is 3. The first-order valence-corrected chi connectivity index (χ1v) is 7.63. The number of halogens is 5. The third-order valence-corrected chi connectivity index (χ3v) is 4.39. The maximum atomic E-state index is 13.1. The molecule has 0 saturated heterocycles. The Labute approximate surface area is 139 Å². The van der Waals surface area contributed by atoms with E-state index in [0.717, 1.165) is 12.1 Å². The molecule has 3 aromatic rings. The van der Waals surface area contributed by atoms with Gasteiger partial charge >= 0.3 is 6.18 Å². The quantitative estimate of drug-likeness (QED) is 0.644. The van der Waals surface area contributed by atoms with Gasteiger partial charge in [0.1, 0.15) is 5.82 Å². The van der Waals surface area contributed by atoms with Crippen LogP contribution in [0.1, 0.15) is 17.8 Å². The number of pyridine rings is 1. The Morgan fingerprint density at radius 1 is 1.08 bits per heavy atom. The summed E-state index contributed by atoms with van der Waals surface area (Å²) in [5.41, 5.74) is 0.627. The van der Waals surface area contributed by atoms with E-state index in [1.54, 1.807) is 28.8 Å². The lowest BCUT2D eigenvalue weighted by atomic mass is 10.0. The first kappa shape index (κ1) is 16.0. The SMILES string of the molecule is FC(F)(F)c1cccc(-c2ccn3c(CC4CC4(F)F)nnc3c2)c1. The van der Waals surface area contributed by atoms with Crippen LogP contribution >= 0.6 is 0 Å². The van der Waals surface area contributed by atoms with Gasteiger partial charge in [-0.2, -0.15) is 13.2 Å². The van der Waals surface area contributed by atoms with Gasteiger partial charge in [0.2, 0.25) is 0 Å². The highest BCUT2D eigenvalue weighted by molar-refractivity contribution is 5.68. The van der Waals surface area contributed by atoms with Gasteiger partial charge in [0.15, 0.2) is 5.65 Å². The zero-order valence-electron chi connectivity index (χ0n) is 12.8. The van der Waals surface area contributed by atoms with Crippen LogP contribution < -0.4 is 0 Å². The molecule has 4 rings (SSSR count). The molecule has 2 aromatic heterocycles. The zero-order chi connectivity index (χ0) is 17.8. The van der Waals surface area contributed by atoms with Gasteiger partial charge in [0.25, 0.3) is 5.92 Å². The molecule has 0 amide bonds. The monoisotopic (exact) mass is 353 g/mol. The zero-order valence-corrected chi connectivity index (χ0v) is 12.8. The van der Waals surface area contributed by atoms with Crippen LogP contribution in [0.25, 0.3) is 16.8 Å². The molecule has 1 aliphatic rings. The molecular weight excluding hydrogens is 341 g/mol. The number of benzene rings is 1. The molecule has 8 heteroatoms. The van der Waals surface area contributed by atoms with E-state index < -0.39 is 23.6 Å². The topological polar surface area (TPSA) is 30.2 Å². The number of hydrogen-bond acceptors (Lipinski definition) is 2. The van der Waals surface area contributed by atoms with Crippen molar-refractivity contribution in [2.24, 2.45) is 5.92 Å². The Kier molecular flexibility index (Phi) is 3.35. The van der Waals surface area contributed by atoms with Crippen LogP contribution in [0.3, 0.4) is 0 Å². The summed E-state index contributed by atoms with van der Waals surface area (Å²) in [6.07, 6.45) is -2.85. The molecule has 130 valence electrons. The summed E-state index contributed by atoms with van der Waals surface area (Å²) in [7, 11) is 0. The highest BCUT2D eigenvalue weighted by atomic mass is 19.4. The molecule has 0 radical (unpaired) electrons. The van der Waals surface area contributed by atoms with Crippen LogP contribution in [-0.4, -0.2) is 20.5 Å². The highest BCUT2D eigenvalue weighted by Gasteiger charge is 2.56. The van der Waals surface area contributed by atoms with E-state index in [4.69, 9.17) is 0 Å². The summed E-state index contributed by atoms with van der Waals surface area (Å²) in [5, 5.41) is 7.88. The van der Waals surface area contributed by atoms with Crippen LogP contribution in [0.5, 0.6) is 0 Å². The fraction of sp³-hybridized carbons (Fsp3) is 0.294. The molecule has 1 atom stereocenters. The Morgan fingerprint density at radius 3 is 2.48 bits per heavy atom.